The van der Waals surface area contributed by atoms with Crippen LogP contribution in [0.1, 0.15) is 16.7 Å². The molecule has 1 heterocycles. The number of carbonyl (C=O) groups is 1. The van der Waals surface area contributed by atoms with E-state index in [4.69, 9.17) is 33.7 Å². The summed E-state index contributed by atoms with van der Waals surface area (Å²) in [5, 5.41) is 1.08. The second-order valence-electron chi connectivity index (χ2n) is 7.42. The molecule has 1 amide bonds. The van der Waals surface area contributed by atoms with E-state index >= 15 is 0 Å². The van der Waals surface area contributed by atoms with Gasteiger partial charge in [-0.25, -0.2) is 0 Å². The summed E-state index contributed by atoms with van der Waals surface area (Å²) in [6.45, 7) is 1.10. The lowest BCUT2D eigenvalue weighted by Crippen LogP contribution is -2.42. The number of nitrogens with zero attached hydrogens (tertiary/aromatic N) is 1. The molecule has 30 heavy (non-hydrogen) atoms. The molecule has 0 aromatic heterocycles. The van der Waals surface area contributed by atoms with Gasteiger partial charge < -0.3 is 15.4 Å². The highest BCUT2D eigenvalue weighted by Gasteiger charge is 2.28. The fraction of sp³-hybridized carbons (Fsp3) is 0.208. The Labute approximate surface area is 186 Å². The molecule has 1 atom stereocenters. The van der Waals surface area contributed by atoms with E-state index in [9.17, 15) is 4.79 Å². The van der Waals surface area contributed by atoms with Crippen LogP contribution in [0.15, 0.2) is 60.7 Å². The standard InChI is InChI=1S/C24H22Cl2N2O2/c1-30-23-5-3-2-4-20(23)15-6-7-17-13-28(14-18(17)10-15)24(29)22(27)11-16-8-9-19(25)12-21(16)26/h2-10,12,22H,11,13-14,27H2,1H3/t22-/m1/s1. The molecule has 0 unspecified atom stereocenters. The number of halogens is 2. The van der Waals surface area contributed by atoms with Gasteiger partial charge in [-0.05, 0) is 52.9 Å². The van der Waals surface area contributed by atoms with Crippen LogP contribution < -0.4 is 10.5 Å². The summed E-state index contributed by atoms with van der Waals surface area (Å²) in [7, 11) is 1.67. The number of nitrogens with two attached hydrogens (primary N) is 1. The average molecular weight is 441 g/mol. The molecular formula is C24H22Cl2N2O2. The molecule has 0 saturated carbocycles. The average Bonchev–Trinajstić information content (AvgIpc) is 3.18. The molecule has 0 aliphatic carbocycles. The van der Waals surface area contributed by atoms with Gasteiger partial charge in [-0.1, -0.05) is 59.6 Å². The van der Waals surface area contributed by atoms with E-state index in [0.29, 0.717) is 29.6 Å². The summed E-state index contributed by atoms with van der Waals surface area (Å²) in [5.74, 6) is 0.737. The Morgan fingerprint density at radius 3 is 2.60 bits per heavy atom. The Balaban J connectivity index is 1.49. The van der Waals surface area contributed by atoms with Crippen LogP contribution in [0, 0.1) is 0 Å². The number of amides is 1. The summed E-state index contributed by atoms with van der Waals surface area (Å²) in [6.07, 6.45) is 0.369. The summed E-state index contributed by atoms with van der Waals surface area (Å²) in [4.78, 5) is 14.8. The number of carbonyl (C=O) groups excluding carboxylic acids is 1. The van der Waals surface area contributed by atoms with Crippen molar-refractivity contribution in [1.29, 1.82) is 0 Å². The number of para-hydroxylation sites is 1. The van der Waals surface area contributed by atoms with Crippen molar-refractivity contribution in [3.8, 4) is 16.9 Å². The van der Waals surface area contributed by atoms with Gasteiger partial charge in [-0.15, -0.1) is 0 Å². The highest BCUT2D eigenvalue weighted by Crippen LogP contribution is 2.33. The first-order valence-corrected chi connectivity index (χ1v) is 10.5. The van der Waals surface area contributed by atoms with E-state index < -0.39 is 6.04 Å². The van der Waals surface area contributed by atoms with E-state index in [1.54, 1.807) is 24.1 Å². The first-order valence-electron chi connectivity index (χ1n) is 9.69. The Morgan fingerprint density at radius 1 is 1.07 bits per heavy atom. The fourth-order valence-electron chi connectivity index (χ4n) is 3.85. The van der Waals surface area contributed by atoms with Crippen molar-refractivity contribution < 1.29 is 9.53 Å². The van der Waals surface area contributed by atoms with Crippen LogP contribution in [0.5, 0.6) is 5.75 Å². The summed E-state index contributed by atoms with van der Waals surface area (Å²) in [5.41, 5.74) is 11.4. The van der Waals surface area contributed by atoms with Crippen molar-refractivity contribution >= 4 is 29.1 Å². The summed E-state index contributed by atoms with van der Waals surface area (Å²) < 4.78 is 5.48. The van der Waals surface area contributed by atoms with Crippen molar-refractivity contribution in [2.45, 2.75) is 25.6 Å². The quantitative estimate of drug-likeness (QED) is 0.601. The smallest absolute Gasteiger partial charge is 0.240 e. The molecule has 3 aromatic carbocycles. The molecule has 4 rings (SSSR count). The molecule has 1 aliphatic rings. The minimum absolute atomic E-state index is 0.0870. The molecular weight excluding hydrogens is 419 g/mol. The van der Waals surface area contributed by atoms with Crippen LogP contribution in [-0.4, -0.2) is 24.0 Å². The minimum atomic E-state index is -0.660. The number of fused-ring (bicyclic) bond motifs is 1. The van der Waals surface area contributed by atoms with Gasteiger partial charge >= 0.3 is 0 Å². The van der Waals surface area contributed by atoms with Crippen LogP contribution in [0.3, 0.4) is 0 Å². The van der Waals surface area contributed by atoms with Crippen LogP contribution in [0.2, 0.25) is 10.0 Å². The van der Waals surface area contributed by atoms with Crippen molar-refractivity contribution in [1.82, 2.24) is 4.90 Å². The van der Waals surface area contributed by atoms with Gasteiger partial charge in [0.15, 0.2) is 0 Å². The number of ether oxygens (including phenoxy) is 1. The normalized spacial score (nSPS) is 13.8. The monoisotopic (exact) mass is 440 g/mol. The molecule has 0 spiro atoms. The number of rotatable bonds is 5. The second kappa shape index (κ2) is 8.68. The van der Waals surface area contributed by atoms with Gasteiger partial charge in [0.05, 0.1) is 13.2 Å². The maximum Gasteiger partial charge on any atom is 0.240 e. The topological polar surface area (TPSA) is 55.6 Å². The van der Waals surface area contributed by atoms with Gasteiger partial charge in [0.25, 0.3) is 0 Å². The lowest BCUT2D eigenvalue weighted by atomic mass is 10.00. The molecule has 0 saturated heterocycles. The lowest BCUT2D eigenvalue weighted by molar-refractivity contribution is -0.133. The highest BCUT2D eigenvalue weighted by atomic mass is 35.5. The largest absolute Gasteiger partial charge is 0.496 e. The lowest BCUT2D eigenvalue weighted by Gasteiger charge is -2.20. The first-order chi connectivity index (χ1) is 14.5. The molecule has 4 nitrogen and oxygen atoms in total. The van der Waals surface area contributed by atoms with Gasteiger partial charge in [0, 0.05) is 28.7 Å². The SMILES string of the molecule is COc1ccccc1-c1ccc2c(c1)CN(C(=O)[C@H](N)Cc1ccc(Cl)cc1Cl)C2. The van der Waals surface area contributed by atoms with Crippen LogP contribution >= 0.6 is 23.2 Å². The third kappa shape index (κ3) is 4.17. The molecule has 2 N–H and O–H groups in total. The van der Waals surface area contributed by atoms with E-state index in [1.807, 2.05) is 30.3 Å². The van der Waals surface area contributed by atoms with Crippen molar-refractivity contribution in [2.24, 2.45) is 5.73 Å². The molecule has 0 bridgehead atoms. The Kier molecular flexibility index (Phi) is 6.00. The van der Waals surface area contributed by atoms with Gasteiger partial charge in [-0.2, -0.15) is 0 Å². The summed E-state index contributed by atoms with van der Waals surface area (Å²) in [6, 6.07) is 18.8. The molecule has 0 radical (unpaired) electrons. The number of methoxy groups -OCH3 is 1. The zero-order chi connectivity index (χ0) is 21.3. The third-order valence-electron chi connectivity index (χ3n) is 5.43. The fourth-order valence-corrected chi connectivity index (χ4v) is 4.33. The number of benzene rings is 3. The number of hydrogen-bond donors (Lipinski definition) is 1. The summed E-state index contributed by atoms with van der Waals surface area (Å²) >= 11 is 12.2. The van der Waals surface area contributed by atoms with Crippen LogP contribution in [-0.2, 0) is 24.3 Å². The molecule has 1 aliphatic heterocycles. The molecule has 3 aromatic rings. The van der Waals surface area contributed by atoms with Crippen molar-refractivity contribution in [3.05, 3.63) is 87.4 Å². The molecule has 6 heteroatoms. The zero-order valence-corrected chi connectivity index (χ0v) is 18.1. The minimum Gasteiger partial charge on any atom is -0.496 e. The predicted molar refractivity (Wildman–Crippen MR) is 121 cm³/mol. The zero-order valence-electron chi connectivity index (χ0n) is 16.6. The van der Waals surface area contributed by atoms with Gasteiger partial charge in [0.1, 0.15) is 5.75 Å². The van der Waals surface area contributed by atoms with Gasteiger partial charge in [0.2, 0.25) is 5.91 Å². The molecule has 0 fully saturated rings. The van der Waals surface area contributed by atoms with E-state index in [0.717, 1.165) is 33.6 Å². The predicted octanol–water partition coefficient (Wildman–Crippen LogP) is 5.08. The second-order valence-corrected chi connectivity index (χ2v) is 8.27. The Bertz CT molecular complexity index is 1100. The molecule has 154 valence electrons. The van der Waals surface area contributed by atoms with Crippen molar-refractivity contribution in [2.75, 3.05) is 7.11 Å². The van der Waals surface area contributed by atoms with E-state index in [-0.39, 0.29) is 5.91 Å². The van der Waals surface area contributed by atoms with E-state index in [1.165, 1.54) is 0 Å². The first kappa shape index (κ1) is 20.7. The van der Waals surface area contributed by atoms with Crippen LogP contribution in [0.25, 0.3) is 11.1 Å². The Hall–Kier alpha value is -2.53. The van der Waals surface area contributed by atoms with Crippen molar-refractivity contribution in [3.63, 3.8) is 0 Å². The maximum atomic E-state index is 13.0. The maximum absolute atomic E-state index is 13.0. The number of hydrogen-bond acceptors (Lipinski definition) is 3. The van der Waals surface area contributed by atoms with Crippen LogP contribution in [0.4, 0.5) is 0 Å². The Morgan fingerprint density at radius 2 is 1.83 bits per heavy atom. The third-order valence-corrected chi connectivity index (χ3v) is 6.02. The van der Waals surface area contributed by atoms with Gasteiger partial charge in [-0.3, -0.25) is 4.79 Å². The highest BCUT2D eigenvalue weighted by molar-refractivity contribution is 6.35. The van der Waals surface area contributed by atoms with E-state index in [2.05, 4.69) is 18.2 Å².